The molecule has 26 heavy (non-hydrogen) atoms. The maximum absolute atomic E-state index is 12.8. The average Bonchev–Trinajstić information content (AvgIpc) is 2.54. The van der Waals surface area contributed by atoms with Crippen LogP contribution in [0, 0.1) is 11.3 Å². The third-order valence-electron chi connectivity index (χ3n) is 4.09. The summed E-state index contributed by atoms with van der Waals surface area (Å²) >= 11 is 0. The van der Waals surface area contributed by atoms with Gasteiger partial charge in [0.1, 0.15) is 0 Å². The zero-order chi connectivity index (χ0) is 19.5. The Kier molecular flexibility index (Phi) is 6.18. The van der Waals surface area contributed by atoms with E-state index in [-0.39, 0.29) is 22.8 Å². The van der Waals surface area contributed by atoms with Crippen LogP contribution in [0.25, 0.3) is 10.8 Å². The van der Waals surface area contributed by atoms with E-state index >= 15 is 0 Å². The third-order valence-corrected chi connectivity index (χ3v) is 4.09. The van der Waals surface area contributed by atoms with Crippen molar-refractivity contribution in [1.29, 1.82) is 0 Å². The molecule has 0 aliphatic heterocycles. The van der Waals surface area contributed by atoms with E-state index in [4.69, 9.17) is 0 Å². The van der Waals surface area contributed by atoms with Crippen molar-refractivity contribution >= 4 is 16.7 Å². The third kappa shape index (κ3) is 4.91. The number of hydrogen-bond donors (Lipinski definition) is 1. The van der Waals surface area contributed by atoms with Crippen molar-refractivity contribution in [3.63, 3.8) is 0 Å². The van der Waals surface area contributed by atoms with Crippen LogP contribution in [0.4, 0.5) is 0 Å². The summed E-state index contributed by atoms with van der Waals surface area (Å²) in [5.41, 5.74) is 0.0849. The van der Waals surface area contributed by atoms with Crippen molar-refractivity contribution in [2.75, 3.05) is 27.2 Å². The second-order valence-corrected chi connectivity index (χ2v) is 8.36. The molecule has 1 aromatic carbocycles. The summed E-state index contributed by atoms with van der Waals surface area (Å²) in [5.74, 6) is 0.0156. The summed E-state index contributed by atoms with van der Waals surface area (Å²) in [4.78, 5) is 27.6. The first-order valence-electron chi connectivity index (χ1n) is 9.03. The summed E-state index contributed by atoms with van der Waals surface area (Å²) in [7, 11) is 4.03. The molecule has 1 N–H and O–H groups in total. The Balaban J connectivity index is 2.37. The highest BCUT2D eigenvalue weighted by molar-refractivity contribution is 6.04. The highest BCUT2D eigenvalue weighted by atomic mass is 16.2. The maximum Gasteiger partial charge on any atom is 0.274 e. The van der Waals surface area contributed by atoms with E-state index < -0.39 is 0 Å². The van der Waals surface area contributed by atoms with Crippen LogP contribution in [0.2, 0.25) is 0 Å². The van der Waals surface area contributed by atoms with Crippen molar-refractivity contribution in [1.82, 2.24) is 20.0 Å². The van der Waals surface area contributed by atoms with E-state index in [0.29, 0.717) is 29.6 Å². The number of aromatic nitrogens is 2. The van der Waals surface area contributed by atoms with Gasteiger partial charge in [0.05, 0.1) is 5.39 Å². The zero-order valence-electron chi connectivity index (χ0n) is 16.7. The molecule has 1 aromatic heterocycles. The number of nitrogens with zero attached hydrogens (tertiary/aromatic N) is 3. The van der Waals surface area contributed by atoms with Gasteiger partial charge < -0.3 is 10.2 Å². The van der Waals surface area contributed by atoms with Gasteiger partial charge in [0.25, 0.3) is 11.5 Å². The van der Waals surface area contributed by atoms with Gasteiger partial charge in [0, 0.05) is 25.0 Å². The molecule has 1 amide bonds. The molecule has 6 nitrogen and oxygen atoms in total. The lowest BCUT2D eigenvalue weighted by atomic mass is 9.93. The number of nitrogens with one attached hydrogen (secondary N) is 1. The molecule has 1 heterocycles. The van der Waals surface area contributed by atoms with Crippen LogP contribution in [-0.4, -0.2) is 47.8 Å². The zero-order valence-corrected chi connectivity index (χ0v) is 16.7. The van der Waals surface area contributed by atoms with Gasteiger partial charge in [-0.2, -0.15) is 5.10 Å². The topological polar surface area (TPSA) is 67.2 Å². The lowest BCUT2D eigenvalue weighted by molar-refractivity contribution is 0.0923. The van der Waals surface area contributed by atoms with Gasteiger partial charge >= 0.3 is 0 Å². The molecule has 0 bridgehead atoms. The SMILES string of the molecule is CC(C)Cn1nc(C(=O)NCC(C)(C)CN(C)C)c2ccccc2c1=O. The van der Waals surface area contributed by atoms with Crippen molar-refractivity contribution in [2.45, 2.75) is 34.2 Å². The molecule has 2 rings (SSSR count). The van der Waals surface area contributed by atoms with Crippen molar-refractivity contribution in [3.05, 3.63) is 40.3 Å². The summed E-state index contributed by atoms with van der Waals surface area (Å²) in [6.45, 7) is 10.1. The molecule has 6 heteroatoms. The molecule has 0 saturated heterocycles. The standard InChI is InChI=1S/C20H30N4O2/c1-14(2)11-24-19(26)16-10-8-7-9-15(16)17(22-24)18(25)21-12-20(3,4)13-23(5)6/h7-10,14H,11-13H2,1-6H3,(H,21,25). The quantitative estimate of drug-likeness (QED) is 0.825. The number of hydrogen-bond acceptors (Lipinski definition) is 4. The number of fused-ring (bicyclic) bond motifs is 1. The Hall–Kier alpha value is -2.21. The largest absolute Gasteiger partial charge is 0.350 e. The summed E-state index contributed by atoms with van der Waals surface area (Å²) in [6.07, 6.45) is 0. The molecule has 0 aliphatic rings. The van der Waals surface area contributed by atoms with Crippen LogP contribution in [-0.2, 0) is 6.54 Å². The minimum atomic E-state index is -0.245. The normalized spacial score (nSPS) is 12.2. The van der Waals surface area contributed by atoms with Crippen LogP contribution in [0.1, 0.15) is 38.2 Å². The number of benzene rings is 1. The van der Waals surface area contributed by atoms with Crippen LogP contribution in [0.15, 0.2) is 29.1 Å². The van der Waals surface area contributed by atoms with Gasteiger partial charge in [-0.25, -0.2) is 4.68 Å². The summed E-state index contributed by atoms with van der Waals surface area (Å²) < 4.78 is 1.41. The Morgan fingerprint density at radius 3 is 2.42 bits per heavy atom. The first-order chi connectivity index (χ1) is 12.1. The van der Waals surface area contributed by atoms with Crippen molar-refractivity contribution in [3.8, 4) is 0 Å². The number of amides is 1. The molecule has 0 atom stereocenters. The molecule has 0 fully saturated rings. The second-order valence-electron chi connectivity index (χ2n) is 8.36. The van der Waals surface area contributed by atoms with E-state index in [2.05, 4.69) is 29.2 Å². The minimum Gasteiger partial charge on any atom is -0.350 e. The molecule has 0 aliphatic carbocycles. The Morgan fingerprint density at radius 2 is 1.85 bits per heavy atom. The van der Waals surface area contributed by atoms with E-state index in [1.807, 2.05) is 40.1 Å². The molecular weight excluding hydrogens is 328 g/mol. The number of carbonyl (C=O) groups is 1. The molecule has 0 spiro atoms. The van der Waals surface area contributed by atoms with Gasteiger partial charge in [-0.05, 0) is 31.5 Å². The lowest BCUT2D eigenvalue weighted by Crippen LogP contribution is -2.40. The van der Waals surface area contributed by atoms with Gasteiger partial charge in [0.2, 0.25) is 0 Å². The Labute approximate surface area is 155 Å². The molecule has 0 unspecified atom stereocenters. The highest BCUT2D eigenvalue weighted by Crippen LogP contribution is 2.16. The van der Waals surface area contributed by atoms with Crippen LogP contribution in [0.5, 0.6) is 0 Å². The smallest absolute Gasteiger partial charge is 0.274 e. The fourth-order valence-corrected chi connectivity index (χ4v) is 3.19. The van der Waals surface area contributed by atoms with E-state index in [1.54, 1.807) is 12.1 Å². The molecule has 0 radical (unpaired) electrons. The molecular formula is C20H30N4O2. The first-order valence-corrected chi connectivity index (χ1v) is 9.03. The Morgan fingerprint density at radius 1 is 1.23 bits per heavy atom. The molecule has 2 aromatic rings. The number of rotatable bonds is 7. The predicted octanol–water partition coefficient (Wildman–Crippen LogP) is 2.37. The average molecular weight is 358 g/mol. The second kappa shape index (κ2) is 7.99. The fourth-order valence-electron chi connectivity index (χ4n) is 3.19. The summed E-state index contributed by atoms with van der Waals surface area (Å²) in [6, 6.07) is 7.17. The van der Waals surface area contributed by atoms with Crippen molar-refractivity contribution in [2.24, 2.45) is 11.3 Å². The van der Waals surface area contributed by atoms with Crippen molar-refractivity contribution < 1.29 is 4.79 Å². The number of carbonyl (C=O) groups excluding carboxylic acids is 1. The van der Waals surface area contributed by atoms with Crippen LogP contribution >= 0.6 is 0 Å². The highest BCUT2D eigenvalue weighted by Gasteiger charge is 2.22. The van der Waals surface area contributed by atoms with E-state index in [0.717, 1.165) is 6.54 Å². The maximum atomic E-state index is 12.8. The van der Waals surface area contributed by atoms with Gasteiger partial charge in [-0.1, -0.05) is 45.9 Å². The van der Waals surface area contributed by atoms with Crippen LogP contribution in [0.3, 0.4) is 0 Å². The van der Waals surface area contributed by atoms with Gasteiger partial charge in [-0.15, -0.1) is 0 Å². The van der Waals surface area contributed by atoms with Gasteiger partial charge in [0.15, 0.2) is 5.69 Å². The Bertz CT molecular complexity index is 837. The monoisotopic (exact) mass is 358 g/mol. The van der Waals surface area contributed by atoms with Gasteiger partial charge in [-0.3, -0.25) is 9.59 Å². The van der Waals surface area contributed by atoms with E-state index in [9.17, 15) is 9.59 Å². The van der Waals surface area contributed by atoms with E-state index in [1.165, 1.54) is 4.68 Å². The first kappa shape index (κ1) is 20.1. The van der Waals surface area contributed by atoms with Crippen LogP contribution < -0.4 is 10.9 Å². The minimum absolute atomic E-state index is 0.0681. The fraction of sp³-hybridized carbons (Fsp3) is 0.550. The summed E-state index contributed by atoms with van der Waals surface area (Å²) in [5, 5.41) is 8.50. The molecule has 142 valence electrons. The predicted molar refractivity (Wildman–Crippen MR) is 106 cm³/mol. The molecule has 0 saturated carbocycles. The lowest BCUT2D eigenvalue weighted by Gasteiger charge is -2.28.